The van der Waals surface area contributed by atoms with Crippen LogP contribution in [-0.2, 0) is 11.2 Å². The number of carbonyl (C=O) groups excluding carboxylic acids is 2. The SMILES string of the molecule is CCNC(=O)NC(=O)[C@H]([NH2+]CCc1ccc(OC)cc1)c1ccccc1. The first-order chi connectivity index (χ1) is 12.6. The van der Waals surface area contributed by atoms with E-state index in [2.05, 4.69) is 10.6 Å². The van der Waals surface area contributed by atoms with Crippen LogP contribution in [0.4, 0.5) is 4.79 Å². The normalized spacial score (nSPS) is 11.5. The van der Waals surface area contributed by atoms with E-state index < -0.39 is 12.1 Å². The summed E-state index contributed by atoms with van der Waals surface area (Å²) in [6.45, 7) is 2.99. The number of nitrogens with two attached hydrogens (primary N) is 1. The molecule has 6 heteroatoms. The highest BCUT2D eigenvalue weighted by molar-refractivity contribution is 5.96. The van der Waals surface area contributed by atoms with Crippen molar-refractivity contribution in [3.8, 4) is 5.75 Å². The van der Waals surface area contributed by atoms with Gasteiger partial charge in [-0.1, -0.05) is 42.5 Å². The molecule has 0 aliphatic carbocycles. The molecule has 0 aliphatic heterocycles. The zero-order valence-electron chi connectivity index (χ0n) is 15.2. The van der Waals surface area contributed by atoms with Crippen molar-refractivity contribution >= 4 is 11.9 Å². The summed E-state index contributed by atoms with van der Waals surface area (Å²) in [6, 6.07) is 16.4. The number of ether oxygens (including phenoxy) is 1. The van der Waals surface area contributed by atoms with E-state index in [1.807, 2.05) is 59.9 Å². The molecule has 1 atom stereocenters. The van der Waals surface area contributed by atoms with Gasteiger partial charge < -0.3 is 15.4 Å². The van der Waals surface area contributed by atoms with Crippen LogP contribution >= 0.6 is 0 Å². The minimum absolute atomic E-state index is 0.322. The number of carbonyl (C=O) groups is 2. The number of methoxy groups -OCH3 is 1. The Balaban J connectivity index is 1.99. The van der Waals surface area contributed by atoms with Gasteiger partial charge in [0.15, 0.2) is 6.04 Å². The van der Waals surface area contributed by atoms with Gasteiger partial charge in [0.2, 0.25) is 0 Å². The van der Waals surface area contributed by atoms with Crippen LogP contribution < -0.4 is 20.7 Å². The lowest BCUT2D eigenvalue weighted by molar-refractivity contribution is -0.682. The van der Waals surface area contributed by atoms with Gasteiger partial charge >= 0.3 is 6.03 Å². The second-order valence-corrected chi connectivity index (χ2v) is 5.86. The average molecular weight is 356 g/mol. The van der Waals surface area contributed by atoms with Crippen LogP contribution in [0.25, 0.3) is 0 Å². The van der Waals surface area contributed by atoms with Crippen molar-refractivity contribution in [1.82, 2.24) is 10.6 Å². The van der Waals surface area contributed by atoms with Gasteiger partial charge in [-0.05, 0) is 24.6 Å². The predicted molar refractivity (Wildman–Crippen MR) is 99.9 cm³/mol. The van der Waals surface area contributed by atoms with E-state index in [0.29, 0.717) is 13.1 Å². The molecular formula is C20H26N3O3+. The second-order valence-electron chi connectivity index (χ2n) is 5.86. The molecule has 0 radical (unpaired) electrons. The van der Waals surface area contributed by atoms with Crippen molar-refractivity contribution in [2.45, 2.75) is 19.4 Å². The topological polar surface area (TPSA) is 84.0 Å². The van der Waals surface area contributed by atoms with Gasteiger partial charge in [0, 0.05) is 18.5 Å². The highest BCUT2D eigenvalue weighted by Crippen LogP contribution is 2.12. The molecule has 0 aliphatic rings. The molecule has 2 aromatic carbocycles. The maximum Gasteiger partial charge on any atom is 0.321 e. The van der Waals surface area contributed by atoms with Crippen LogP contribution in [-0.4, -0.2) is 32.1 Å². The molecule has 2 rings (SSSR count). The number of imide groups is 1. The number of amides is 3. The van der Waals surface area contributed by atoms with Gasteiger partial charge in [-0.2, -0.15) is 0 Å². The Morgan fingerprint density at radius 2 is 1.77 bits per heavy atom. The summed E-state index contributed by atoms with van der Waals surface area (Å²) in [7, 11) is 1.64. The third kappa shape index (κ3) is 5.89. The second kappa shape index (κ2) is 10.2. The van der Waals surface area contributed by atoms with Crippen molar-refractivity contribution in [1.29, 1.82) is 0 Å². The average Bonchev–Trinajstić information content (AvgIpc) is 2.66. The first-order valence-electron chi connectivity index (χ1n) is 8.74. The number of rotatable bonds is 8. The van der Waals surface area contributed by atoms with E-state index in [9.17, 15) is 9.59 Å². The van der Waals surface area contributed by atoms with E-state index >= 15 is 0 Å². The van der Waals surface area contributed by atoms with Crippen LogP contribution in [0, 0.1) is 0 Å². The largest absolute Gasteiger partial charge is 0.497 e. The molecule has 6 nitrogen and oxygen atoms in total. The van der Waals surface area contributed by atoms with Crippen LogP contribution in [0.5, 0.6) is 5.75 Å². The van der Waals surface area contributed by atoms with E-state index in [4.69, 9.17) is 4.74 Å². The maximum absolute atomic E-state index is 12.5. The van der Waals surface area contributed by atoms with E-state index in [-0.39, 0.29) is 5.91 Å². The van der Waals surface area contributed by atoms with Gasteiger partial charge in [0.25, 0.3) is 5.91 Å². The van der Waals surface area contributed by atoms with Gasteiger partial charge in [-0.25, -0.2) is 4.79 Å². The lowest BCUT2D eigenvalue weighted by atomic mass is 10.1. The molecule has 4 N–H and O–H groups in total. The van der Waals surface area contributed by atoms with Crippen LogP contribution in [0.2, 0.25) is 0 Å². The molecular weight excluding hydrogens is 330 g/mol. The summed E-state index contributed by atoms with van der Waals surface area (Å²) in [5.74, 6) is 0.498. The predicted octanol–water partition coefficient (Wildman–Crippen LogP) is 1.39. The summed E-state index contributed by atoms with van der Waals surface area (Å²) in [6.07, 6.45) is 0.807. The zero-order chi connectivity index (χ0) is 18.8. The highest BCUT2D eigenvalue weighted by atomic mass is 16.5. The van der Waals surface area contributed by atoms with Crippen molar-refractivity contribution in [2.75, 3.05) is 20.2 Å². The molecule has 0 heterocycles. The van der Waals surface area contributed by atoms with Crippen molar-refractivity contribution in [3.63, 3.8) is 0 Å². The Morgan fingerprint density at radius 1 is 1.08 bits per heavy atom. The molecule has 26 heavy (non-hydrogen) atoms. The van der Waals surface area contributed by atoms with Gasteiger partial charge in [0.1, 0.15) is 5.75 Å². The summed E-state index contributed by atoms with van der Waals surface area (Å²) in [4.78, 5) is 24.2. The van der Waals surface area contributed by atoms with Crippen molar-refractivity contribution in [3.05, 3.63) is 65.7 Å². The summed E-state index contributed by atoms with van der Waals surface area (Å²) >= 11 is 0. The highest BCUT2D eigenvalue weighted by Gasteiger charge is 2.25. The fourth-order valence-electron chi connectivity index (χ4n) is 2.66. The molecule has 2 aromatic rings. The summed E-state index contributed by atoms with van der Waals surface area (Å²) < 4.78 is 5.16. The molecule has 0 saturated heterocycles. The molecule has 0 fully saturated rings. The van der Waals surface area contributed by atoms with Gasteiger partial charge in [-0.3, -0.25) is 10.1 Å². The van der Waals surface area contributed by atoms with E-state index in [1.54, 1.807) is 14.0 Å². The summed E-state index contributed by atoms with van der Waals surface area (Å²) in [5, 5.41) is 6.94. The van der Waals surface area contributed by atoms with Crippen molar-refractivity contribution < 1.29 is 19.6 Å². The minimum atomic E-state index is -0.475. The van der Waals surface area contributed by atoms with Crippen molar-refractivity contribution in [2.24, 2.45) is 0 Å². The molecule has 0 aromatic heterocycles. The smallest absolute Gasteiger partial charge is 0.321 e. The molecule has 0 spiro atoms. The lowest BCUT2D eigenvalue weighted by Gasteiger charge is -2.15. The van der Waals surface area contributed by atoms with Gasteiger partial charge in [0.05, 0.1) is 13.7 Å². The Bertz CT molecular complexity index is 702. The quantitative estimate of drug-likeness (QED) is 0.668. The standard InChI is InChI=1S/C20H25N3O3/c1-3-21-20(25)23-19(24)18(16-7-5-4-6-8-16)22-14-13-15-9-11-17(26-2)12-10-15/h4-12,18,22H,3,13-14H2,1-2H3,(H2,21,23,24,25)/p+1/t18-/m1/s1. The number of nitrogens with one attached hydrogen (secondary N) is 2. The molecule has 0 bridgehead atoms. The third-order valence-electron chi connectivity index (χ3n) is 4.01. The Hall–Kier alpha value is -2.86. The van der Waals surface area contributed by atoms with Crippen LogP contribution in [0.3, 0.4) is 0 Å². The number of urea groups is 1. The summed E-state index contributed by atoms with van der Waals surface area (Å²) in [5.41, 5.74) is 2.03. The first kappa shape index (κ1) is 19.5. The van der Waals surface area contributed by atoms with Crippen LogP contribution in [0.15, 0.2) is 54.6 Å². The van der Waals surface area contributed by atoms with Gasteiger partial charge in [-0.15, -0.1) is 0 Å². The fraction of sp³-hybridized carbons (Fsp3) is 0.300. The fourth-order valence-corrected chi connectivity index (χ4v) is 2.66. The lowest BCUT2D eigenvalue weighted by Crippen LogP contribution is -2.88. The van der Waals surface area contributed by atoms with E-state index in [0.717, 1.165) is 23.3 Å². The Morgan fingerprint density at radius 3 is 2.38 bits per heavy atom. The molecule has 138 valence electrons. The molecule has 0 unspecified atom stereocenters. The molecule has 3 amide bonds. The van der Waals surface area contributed by atoms with Crippen LogP contribution in [0.1, 0.15) is 24.1 Å². The molecule has 0 saturated carbocycles. The monoisotopic (exact) mass is 356 g/mol. The van der Waals surface area contributed by atoms with E-state index in [1.165, 1.54) is 0 Å². The number of benzene rings is 2. The third-order valence-corrected chi connectivity index (χ3v) is 4.01. The first-order valence-corrected chi connectivity index (χ1v) is 8.74. The number of quaternary nitrogens is 1. The Kier molecular flexibility index (Phi) is 7.64. The Labute approximate surface area is 153 Å². The minimum Gasteiger partial charge on any atom is -0.497 e. The number of hydrogen-bond donors (Lipinski definition) is 3. The zero-order valence-corrected chi connectivity index (χ0v) is 15.2. The number of hydrogen-bond acceptors (Lipinski definition) is 3. The maximum atomic E-state index is 12.5.